The van der Waals surface area contributed by atoms with Gasteiger partial charge in [-0.25, -0.2) is 0 Å². The molecule has 0 bridgehead atoms. The van der Waals surface area contributed by atoms with Crippen LogP contribution >= 0.6 is 15.9 Å². The van der Waals surface area contributed by atoms with Gasteiger partial charge in [-0.3, -0.25) is 0 Å². The van der Waals surface area contributed by atoms with Crippen molar-refractivity contribution in [3.05, 3.63) is 138 Å². The van der Waals surface area contributed by atoms with E-state index >= 15 is 0 Å². The van der Waals surface area contributed by atoms with Gasteiger partial charge in [-0.15, -0.1) is 0 Å². The zero-order chi connectivity index (χ0) is 20.6. The van der Waals surface area contributed by atoms with Gasteiger partial charge < -0.3 is 4.74 Å². The SMILES string of the molecule is BrCCOc1ccc(C(=C(c2ccccc2)c2ccccc2)c2ccccc2)cc1. The normalized spacial score (nSPS) is 10.4. The second-order valence-corrected chi connectivity index (χ2v) is 7.70. The van der Waals surface area contributed by atoms with Crippen LogP contribution in [0.25, 0.3) is 11.1 Å². The third-order valence-corrected chi connectivity index (χ3v) is 5.25. The lowest BCUT2D eigenvalue weighted by molar-refractivity contribution is 0.345. The fourth-order valence-corrected chi connectivity index (χ4v) is 3.76. The quantitative estimate of drug-likeness (QED) is 0.208. The zero-order valence-electron chi connectivity index (χ0n) is 16.7. The molecule has 0 saturated heterocycles. The van der Waals surface area contributed by atoms with Crippen LogP contribution in [0.4, 0.5) is 0 Å². The van der Waals surface area contributed by atoms with Crippen molar-refractivity contribution in [2.24, 2.45) is 0 Å². The lowest BCUT2D eigenvalue weighted by atomic mass is 9.86. The Kier molecular flexibility index (Phi) is 6.79. The van der Waals surface area contributed by atoms with Crippen molar-refractivity contribution in [3.63, 3.8) is 0 Å². The van der Waals surface area contributed by atoms with E-state index in [4.69, 9.17) is 4.74 Å². The highest BCUT2D eigenvalue weighted by Crippen LogP contribution is 2.37. The van der Waals surface area contributed by atoms with Crippen molar-refractivity contribution in [1.82, 2.24) is 0 Å². The Morgan fingerprint density at radius 1 is 0.500 bits per heavy atom. The van der Waals surface area contributed by atoms with Gasteiger partial charge in [0.15, 0.2) is 0 Å². The molecule has 0 spiro atoms. The average Bonchev–Trinajstić information content (AvgIpc) is 2.83. The van der Waals surface area contributed by atoms with Crippen LogP contribution in [0.1, 0.15) is 22.3 Å². The summed E-state index contributed by atoms with van der Waals surface area (Å²) >= 11 is 3.41. The van der Waals surface area contributed by atoms with E-state index in [0.717, 1.165) is 16.6 Å². The third kappa shape index (κ3) is 4.72. The monoisotopic (exact) mass is 454 g/mol. The summed E-state index contributed by atoms with van der Waals surface area (Å²) in [6.45, 7) is 0.653. The van der Waals surface area contributed by atoms with Crippen LogP contribution in [-0.4, -0.2) is 11.9 Å². The first kappa shape index (κ1) is 20.2. The van der Waals surface area contributed by atoms with Gasteiger partial charge in [0, 0.05) is 5.33 Å². The minimum absolute atomic E-state index is 0.653. The van der Waals surface area contributed by atoms with E-state index in [9.17, 15) is 0 Å². The van der Waals surface area contributed by atoms with Crippen molar-refractivity contribution < 1.29 is 4.74 Å². The molecular formula is C28H23BrO. The van der Waals surface area contributed by atoms with Crippen LogP contribution in [0, 0.1) is 0 Å². The molecule has 0 aliphatic rings. The van der Waals surface area contributed by atoms with Gasteiger partial charge in [0.05, 0.1) is 6.61 Å². The van der Waals surface area contributed by atoms with Crippen LogP contribution in [0.2, 0.25) is 0 Å². The Morgan fingerprint density at radius 3 is 1.23 bits per heavy atom. The van der Waals surface area contributed by atoms with Crippen LogP contribution in [0.3, 0.4) is 0 Å². The van der Waals surface area contributed by atoms with Gasteiger partial charge in [0.1, 0.15) is 5.75 Å². The molecule has 30 heavy (non-hydrogen) atoms. The number of rotatable bonds is 7. The number of halogens is 1. The van der Waals surface area contributed by atoms with Gasteiger partial charge in [-0.05, 0) is 45.5 Å². The maximum atomic E-state index is 5.76. The molecule has 1 nitrogen and oxygen atoms in total. The molecular weight excluding hydrogens is 432 g/mol. The van der Waals surface area contributed by atoms with E-state index < -0.39 is 0 Å². The maximum Gasteiger partial charge on any atom is 0.119 e. The minimum Gasteiger partial charge on any atom is -0.493 e. The van der Waals surface area contributed by atoms with Crippen molar-refractivity contribution >= 4 is 27.1 Å². The lowest BCUT2D eigenvalue weighted by Crippen LogP contribution is -1.99. The van der Waals surface area contributed by atoms with E-state index in [1.165, 1.54) is 27.8 Å². The zero-order valence-corrected chi connectivity index (χ0v) is 18.3. The van der Waals surface area contributed by atoms with E-state index in [-0.39, 0.29) is 0 Å². The van der Waals surface area contributed by atoms with E-state index in [0.29, 0.717) is 6.61 Å². The lowest BCUT2D eigenvalue weighted by Gasteiger charge is -2.18. The molecule has 0 aliphatic carbocycles. The molecule has 0 saturated carbocycles. The van der Waals surface area contributed by atoms with Gasteiger partial charge in [0.25, 0.3) is 0 Å². The highest BCUT2D eigenvalue weighted by Gasteiger charge is 2.16. The van der Waals surface area contributed by atoms with Crippen molar-refractivity contribution in [3.8, 4) is 5.75 Å². The Morgan fingerprint density at radius 2 is 0.867 bits per heavy atom. The van der Waals surface area contributed by atoms with Gasteiger partial charge in [0.2, 0.25) is 0 Å². The predicted octanol–water partition coefficient (Wildman–Crippen LogP) is 7.47. The van der Waals surface area contributed by atoms with Gasteiger partial charge in [-0.2, -0.15) is 0 Å². The van der Waals surface area contributed by atoms with E-state index in [1.807, 2.05) is 0 Å². The van der Waals surface area contributed by atoms with Crippen LogP contribution in [0.5, 0.6) is 5.75 Å². The molecule has 0 unspecified atom stereocenters. The molecule has 0 aromatic heterocycles. The third-order valence-electron chi connectivity index (χ3n) is 4.93. The van der Waals surface area contributed by atoms with Crippen LogP contribution in [-0.2, 0) is 0 Å². The first-order valence-corrected chi connectivity index (χ1v) is 11.2. The Hall–Kier alpha value is -3.10. The molecule has 0 heterocycles. The predicted molar refractivity (Wildman–Crippen MR) is 130 cm³/mol. The fraction of sp³-hybridized carbons (Fsp3) is 0.0714. The largest absolute Gasteiger partial charge is 0.493 e. The summed E-state index contributed by atoms with van der Waals surface area (Å²) in [4.78, 5) is 0. The molecule has 4 rings (SSSR count). The Labute approximate surface area is 186 Å². The molecule has 148 valence electrons. The van der Waals surface area contributed by atoms with Gasteiger partial charge in [-0.1, -0.05) is 119 Å². The molecule has 0 fully saturated rings. The standard InChI is InChI=1S/C28H23BrO/c29-20-21-30-26-18-16-25(17-19-26)28(24-14-8-3-9-15-24)27(22-10-4-1-5-11-22)23-12-6-2-7-13-23/h1-19H,20-21H2. The number of alkyl halides is 1. The summed E-state index contributed by atoms with van der Waals surface area (Å²) in [6.07, 6.45) is 0. The topological polar surface area (TPSA) is 9.23 Å². The smallest absolute Gasteiger partial charge is 0.119 e. The van der Waals surface area contributed by atoms with Crippen molar-refractivity contribution in [2.75, 3.05) is 11.9 Å². The van der Waals surface area contributed by atoms with Crippen molar-refractivity contribution in [2.45, 2.75) is 0 Å². The molecule has 4 aromatic rings. The Bertz CT molecular complexity index is 1040. The van der Waals surface area contributed by atoms with Crippen LogP contribution in [0.15, 0.2) is 115 Å². The number of hydrogen-bond donors (Lipinski definition) is 0. The second-order valence-electron chi connectivity index (χ2n) is 6.91. The number of benzene rings is 4. The molecule has 0 amide bonds. The second kappa shape index (κ2) is 10.1. The fourth-order valence-electron chi connectivity index (χ4n) is 3.60. The summed E-state index contributed by atoms with van der Waals surface area (Å²) < 4.78 is 5.76. The molecule has 2 heteroatoms. The summed E-state index contributed by atoms with van der Waals surface area (Å²) in [5.74, 6) is 0.881. The van der Waals surface area contributed by atoms with E-state index in [1.54, 1.807) is 0 Å². The number of ether oxygens (including phenoxy) is 1. The first-order chi connectivity index (χ1) is 14.9. The van der Waals surface area contributed by atoms with Gasteiger partial charge >= 0.3 is 0 Å². The highest BCUT2D eigenvalue weighted by atomic mass is 79.9. The number of hydrogen-bond acceptors (Lipinski definition) is 1. The Balaban J connectivity index is 1.96. The van der Waals surface area contributed by atoms with E-state index in [2.05, 4.69) is 131 Å². The summed E-state index contributed by atoms with van der Waals surface area (Å²) in [5, 5.41) is 0.816. The summed E-state index contributed by atoms with van der Waals surface area (Å²) in [6, 6.07) is 40.2. The highest BCUT2D eigenvalue weighted by molar-refractivity contribution is 9.09. The minimum atomic E-state index is 0.653. The van der Waals surface area contributed by atoms with Crippen LogP contribution < -0.4 is 4.74 Å². The van der Waals surface area contributed by atoms with Crippen molar-refractivity contribution in [1.29, 1.82) is 0 Å². The maximum absolute atomic E-state index is 5.76. The molecule has 4 aromatic carbocycles. The molecule has 0 atom stereocenters. The average molecular weight is 455 g/mol. The molecule has 0 N–H and O–H groups in total. The molecule has 0 radical (unpaired) electrons. The summed E-state index contributed by atoms with van der Waals surface area (Å²) in [5.41, 5.74) is 7.17. The molecule has 0 aliphatic heterocycles. The first-order valence-electron chi connectivity index (χ1n) is 10.1. The summed E-state index contributed by atoms with van der Waals surface area (Å²) in [7, 11) is 0.